The number of rotatable bonds is 4. The van der Waals surface area contributed by atoms with Crippen LogP contribution in [-0.4, -0.2) is 0 Å². The summed E-state index contributed by atoms with van der Waals surface area (Å²) < 4.78 is 0. The van der Waals surface area contributed by atoms with Gasteiger partial charge in [-0.1, -0.05) is 38.3 Å². The lowest BCUT2D eigenvalue weighted by atomic mass is 9.90. The molecule has 0 radical (unpaired) electrons. The van der Waals surface area contributed by atoms with Gasteiger partial charge in [-0.25, -0.2) is 0 Å². The third kappa shape index (κ3) is 2.21. The molecule has 0 bridgehead atoms. The van der Waals surface area contributed by atoms with Crippen LogP contribution in [0.2, 0.25) is 0 Å². The van der Waals surface area contributed by atoms with E-state index in [1.165, 1.54) is 32.1 Å². The molecule has 0 nitrogen and oxygen atoms in total. The SMILES string of the molecule is CCCCCC1C=CC1. The van der Waals surface area contributed by atoms with Crippen LogP contribution in [0.15, 0.2) is 12.2 Å². The number of allylic oxidation sites excluding steroid dienone is 2. The fourth-order valence-corrected chi connectivity index (χ4v) is 1.20. The molecule has 0 aromatic carbocycles. The van der Waals surface area contributed by atoms with E-state index in [0.29, 0.717) is 0 Å². The summed E-state index contributed by atoms with van der Waals surface area (Å²) in [6.45, 7) is 2.26. The minimum Gasteiger partial charge on any atom is -0.0877 e. The third-order valence-electron chi connectivity index (χ3n) is 2.03. The van der Waals surface area contributed by atoms with E-state index >= 15 is 0 Å². The highest BCUT2D eigenvalue weighted by molar-refractivity contribution is 5.01. The molecule has 0 heteroatoms. The molecule has 0 aliphatic heterocycles. The van der Waals surface area contributed by atoms with Crippen molar-refractivity contribution in [2.45, 2.75) is 39.0 Å². The molecule has 1 atom stereocenters. The van der Waals surface area contributed by atoms with Gasteiger partial charge in [-0.15, -0.1) is 0 Å². The maximum absolute atomic E-state index is 2.34. The molecule has 1 aliphatic rings. The Morgan fingerprint density at radius 2 is 2.22 bits per heavy atom. The van der Waals surface area contributed by atoms with E-state index in [9.17, 15) is 0 Å². The standard InChI is InChI=1S/C9H16/c1-2-3-4-6-9-7-5-8-9/h5,7,9H,2-4,6,8H2,1H3. The molecule has 52 valence electrons. The Labute approximate surface area is 58.0 Å². The maximum Gasteiger partial charge on any atom is -0.0199 e. The largest absolute Gasteiger partial charge is 0.0877 e. The lowest BCUT2D eigenvalue weighted by molar-refractivity contribution is 0.514. The van der Waals surface area contributed by atoms with Gasteiger partial charge in [-0.2, -0.15) is 0 Å². The van der Waals surface area contributed by atoms with Crippen LogP contribution in [0.5, 0.6) is 0 Å². The van der Waals surface area contributed by atoms with Crippen LogP contribution < -0.4 is 0 Å². The van der Waals surface area contributed by atoms with E-state index in [1.54, 1.807) is 0 Å². The van der Waals surface area contributed by atoms with Crippen molar-refractivity contribution in [1.82, 2.24) is 0 Å². The molecule has 1 rings (SSSR count). The molecule has 1 aliphatic carbocycles. The lowest BCUT2D eigenvalue weighted by Gasteiger charge is -2.16. The Bertz CT molecular complexity index is 92.2. The molecule has 0 heterocycles. The molecule has 0 N–H and O–H groups in total. The molecule has 0 aromatic heterocycles. The summed E-state index contributed by atoms with van der Waals surface area (Å²) in [5.41, 5.74) is 0. The molecule has 0 saturated carbocycles. The van der Waals surface area contributed by atoms with Crippen molar-refractivity contribution >= 4 is 0 Å². The highest BCUT2D eigenvalue weighted by atomic mass is 14.1. The summed E-state index contributed by atoms with van der Waals surface area (Å²) >= 11 is 0. The first kappa shape index (κ1) is 6.85. The molecule has 0 saturated heterocycles. The summed E-state index contributed by atoms with van der Waals surface area (Å²) in [5, 5.41) is 0. The van der Waals surface area contributed by atoms with Gasteiger partial charge in [0.15, 0.2) is 0 Å². The highest BCUT2D eigenvalue weighted by Crippen LogP contribution is 2.22. The fourth-order valence-electron chi connectivity index (χ4n) is 1.20. The van der Waals surface area contributed by atoms with Crippen molar-refractivity contribution in [3.05, 3.63) is 12.2 Å². The Kier molecular flexibility index (Phi) is 2.82. The van der Waals surface area contributed by atoms with E-state index in [-0.39, 0.29) is 0 Å². The molecular formula is C9H16. The molecule has 1 unspecified atom stereocenters. The third-order valence-corrected chi connectivity index (χ3v) is 2.03. The van der Waals surface area contributed by atoms with Crippen LogP contribution >= 0.6 is 0 Å². The Hall–Kier alpha value is -0.260. The summed E-state index contributed by atoms with van der Waals surface area (Å²) in [7, 11) is 0. The number of unbranched alkanes of at least 4 members (excludes halogenated alkanes) is 2. The van der Waals surface area contributed by atoms with Gasteiger partial charge in [0, 0.05) is 0 Å². The van der Waals surface area contributed by atoms with Gasteiger partial charge in [0.1, 0.15) is 0 Å². The van der Waals surface area contributed by atoms with Crippen LogP contribution in [0.1, 0.15) is 39.0 Å². The smallest absolute Gasteiger partial charge is 0.0199 e. The van der Waals surface area contributed by atoms with Gasteiger partial charge >= 0.3 is 0 Å². The molecule has 0 amide bonds. The van der Waals surface area contributed by atoms with Crippen molar-refractivity contribution in [2.75, 3.05) is 0 Å². The Morgan fingerprint density at radius 3 is 2.67 bits per heavy atom. The number of hydrogen-bond donors (Lipinski definition) is 0. The van der Waals surface area contributed by atoms with Crippen molar-refractivity contribution in [1.29, 1.82) is 0 Å². The molecular weight excluding hydrogens is 108 g/mol. The number of hydrogen-bond acceptors (Lipinski definition) is 0. The van der Waals surface area contributed by atoms with Gasteiger partial charge in [-0.3, -0.25) is 0 Å². The maximum atomic E-state index is 2.34. The fraction of sp³-hybridized carbons (Fsp3) is 0.778. The first-order valence-corrected chi connectivity index (χ1v) is 4.10. The van der Waals surface area contributed by atoms with Crippen molar-refractivity contribution in [3.8, 4) is 0 Å². The minimum atomic E-state index is 0.955. The normalized spacial score (nSPS) is 23.9. The lowest BCUT2D eigenvalue weighted by Crippen LogP contribution is -2.01. The summed E-state index contributed by atoms with van der Waals surface area (Å²) in [6.07, 6.45) is 11.6. The molecule has 0 spiro atoms. The van der Waals surface area contributed by atoms with E-state index < -0.39 is 0 Å². The van der Waals surface area contributed by atoms with Crippen molar-refractivity contribution in [2.24, 2.45) is 5.92 Å². The Morgan fingerprint density at radius 1 is 1.44 bits per heavy atom. The zero-order valence-corrected chi connectivity index (χ0v) is 6.27. The van der Waals surface area contributed by atoms with Gasteiger partial charge in [0.2, 0.25) is 0 Å². The first-order valence-electron chi connectivity index (χ1n) is 4.10. The van der Waals surface area contributed by atoms with Crippen LogP contribution in [0, 0.1) is 5.92 Å². The van der Waals surface area contributed by atoms with E-state index in [1.807, 2.05) is 0 Å². The van der Waals surface area contributed by atoms with Crippen LogP contribution in [0.3, 0.4) is 0 Å². The summed E-state index contributed by atoms with van der Waals surface area (Å²) in [4.78, 5) is 0. The average molecular weight is 124 g/mol. The minimum absolute atomic E-state index is 0.955. The first-order chi connectivity index (χ1) is 4.43. The second kappa shape index (κ2) is 3.71. The van der Waals surface area contributed by atoms with Crippen LogP contribution in [-0.2, 0) is 0 Å². The van der Waals surface area contributed by atoms with Crippen molar-refractivity contribution < 1.29 is 0 Å². The predicted octanol–water partition coefficient (Wildman–Crippen LogP) is 3.14. The quantitative estimate of drug-likeness (QED) is 0.399. The zero-order chi connectivity index (χ0) is 6.53. The van der Waals surface area contributed by atoms with Crippen LogP contribution in [0.25, 0.3) is 0 Å². The Balaban J connectivity index is 1.87. The monoisotopic (exact) mass is 124 g/mol. The van der Waals surface area contributed by atoms with E-state index in [2.05, 4.69) is 19.1 Å². The van der Waals surface area contributed by atoms with Gasteiger partial charge < -0.3 is 0 Å². The predicted molar refractivity (Wildman–Crippen MR) is 41.4 cm³/mol. The second-order valence-corrected chi connectivity index (χ2v) is 2.92. The van der Waals surface area contributed by atoms with Gasteiger partial charge in [0.05, 0.1) is 0 Å². The molecule has 0 aromatic rings. The topological polar surface area (TPSA) is 0 Å². The van der Waals surface area contributed by atoms with Gasteiger partial charge in [0.25, 0.3) is 0 Å². The summed E-state index contributed by atoms with van der Waals surface area (Å²) in [6, 6.07) is 0. The van der Waals surface area contributed by atoms with Gasteiger partial charge in [-0.05, 0) is 18.8 Å². The molecule has 0 fully saturated rings. The highest BCUT2D eigenvalue weighted by Gasteiger charge is 2.07. The molecule has 9 heavy (non-hydrogen) atoms. The summed E-state index contributed by atoms with van der Waals surface area (Å²) in [5.74, 6) is 0.955. The van der Waals surface area contributed by atoms with E-state index in [4.69, 9.17) is 0 Å². The second-order valence-electron chi connectivity index (χ2n) is 2.92. The average Bonchev–Trinajstić information content (AvgIpc) is 1.76. The zero-order valence-electron chi connectivity index (χ0n) is 6.27. The van der Waals surface area contributed by atoms with E-state index in [0.717, 1.165) is 5.92 Å². The van der Waals surface area contributed by atoms with Crippen molar-refractivity contribution in [3.63, 3.8) is 0 Å². The van der Waals surface area contributed by atoms with Crippen LogP contribution in [0.4, 0.5) is 0 Å².